The van der Waals surface area contributed by atoms with Crippen molar-refractivity contribution in [3.63, 3.8) is 0 Å². The number of Topliss-reactive ketones (excluding diaryl/α,β-unsaturated/α-hetero) is 1. The lowest BCUT2D eigenvalue weighted by Gasteiger charge is -2.25. The van der Waals surface area contributed by atoms with E-state index < -0.39 is 5.54 Å². The van der Waals surface area contributed by atoms with Gasteiger partial charge in [0.25, 0.3) is 0 Å². The Hall–Kier alpha value is -1.83. The van der Waals surface area contributed by atoms with Gasteiger partial charge < -0.3 is 5.32 Å². The molecule has 0 aromatic heterocycles. The van der Waals surface area contributed by atoms with Crippen LogP contribution in [-0.2, 0) is 0 Å². The largest absolute Gasteiger partial charge is 0.371 e. The zero-order valence-electron chi connectivity index (χ0n) is 9.20. The van der Waals surface area contributed by atoms with E-state index in [1.54, 1.807) is 12.2 Å². The van der Waals surface area contributed by atoms with E-state index in [0.29, 0.717) is 12.8 Å². The number of ketones is 1. The third kappa shape index (κ3) is 1.47. The van der Waals surface area contributed by atoms with Gasteiger partial charge in [0.15, 0.2) is 5.78 Å². The molecule has 0 spiro atoms. The van der Waals surface area contributed by atoms with Crippen LogP contribution in [0.3, 0.4) is 0 Å². The standard InChI is InChI=1S/C14H15NO/c1-3-9-14(10-4-2)13(16)11-7-5-6-8-12(11)15-14/h3-8,15H,1-2,9-10H2. The first-order valence-electron chi connectivity index (χ1n) is 5.37. The van der Waals surface area contributed by atoms with Crippen LogP contribution in [0.15, 0.2) is 49.6 Å². The summed E-state index contributed by atoms with van der Waals surface area (Å²) in [6.07, 6.45) is 4.79. The molecule has 16 heavy (non-hydrogen) atoms. The normalized spacial score (nSPS) is 16.4. The molecule has 0 fully saturated rings. The first kappa shape index (κ1) is 10.7. The van der Waals surface area contributed by atoms with Crippen LogP contribution in [0.1, 0.15) is 23.2 Å². The van der Waals surface area contributed by atoms with Crippen molar-refractivity contribution >= 4 is 11.5 Å². The van der Waals surface area contributed by atoms with Gasteiger partial charge in [-0.3, -0.25) is 4.79 Å². The van der Waals surface area contributed by atoms with Gasteiger partial charge in [-0.25, -0.2) is 0 Å². The molecule has 1 aromatic rings. The molecule has 2 nitrogen and oxygen atoms in total. The lowest BCUT2D eigenvalue weighted by molar-refractivity contribution is 0.0921. The molecule has 1 aliphatic rings. The molecule has 0 atom stereocenters. The monoisotopic (exact) mass is 213 g/mol. The molecule has 1 aliphatic heterocycles. The van der Waals surface area contributed by atoms with Gasteiger partial charge in [0.2, 0.25) is 0 Å². The van der Waals surface area contributed by atoms with Crippen LogP contribution in [0.4, 0.5) is 5.69 Å². The van der Waals surface area contributed by atoms with Crippen molar-refractivity contribution in [2.24, 2.45) is 0 Å². The van der Waals surface area contributed by atoms with Crippen molar-refractivity contribution in [3.8, 4) is 0 Å². The molecule has 82 valence electrons. The van der Waals surface area contributed by atoms with Crippen LogP contribution in [-0.4, -0.2) is 11.3 Å². The molecule has 2 heteroatoms. The molecular formula is C14H15NO. The summed E-state index contributed by atoms with van der Waals surface area (Å²) >= 11 is 0. The Kier molecular flexibility index (Phi) is 2.65. The molecule has 0 bridgehead atoms. The Morgan fingerprint density at radius 2 is 1.81 bits per heavy atom. The zero-order chi connectivity index (χ0) is 11.6. The van der Waals surface area contributed by atoms with Gasteiger partial charge in [-0.15, -0.1) is 13.2 Å². The number of carbonyl (C=O) groups is 1. The van der Waals surface area contributed by atoms with Gasteiger partial charge in [-0.05, 0) is 25.0 Å². The maximum Gasteiger partial charge on any atom is 0.190 e. The molecule has 0 saturated heterocycles. The minimum atomic E-state index is -0.562. The van der Waals surface area contributed by atoms with Gasteiger partial charge in [0, 0.05) is 11.3 Å². The Labute approximate surface area is 95.7 Å². The third-order valence-corrected chi connectivity index (χ3v) is 2.97. The third-order valence-electron chi connectivity index (χ3n) is 2.97. The number of nitrogens with one attached hydrogen (secondary N) is 1. The van der Waals surface area contributed by atoms with Gasteiger partial charge >= 0.3 is 0 Å². The molecule has 2 rings (SSSR count). The van der Waals surface area contributed by atoms with Gasteiger partial charge in [-0.2, -0.15) is 0 Å². The summed E-state index contributed by atoms with van der Waals surface area (Å²) in [5.41, 5.74) is 1.12. The van der Waals surface area contributed by atoms with E-state index in [1.165, 1.54) is 0 Å². The highest BCUT2D eigenvalue weighted by Crippen LogP contribution is 2.36. The number of carbonyl (C=O) groups excluding carboxylic acids is 1. The average Bonchev–Trinajstić information content (AvgIpc) is 2.54. The zero-order valence-corrected chi connectivity index (χ0v) is 9.20. The highest BCUT2D eigenvalue weighted by Gasteiger charge is 2.42. The lowest BCUT2D eigenvalue weighted by atomic mass is 9.87. The molecule has 0 unspecified atom stereocenters. The van der Waals surface area contributed by atoms with E-state index in [4.69, 9.17) is 0 Å². The lowest BCUT2D eigenvalue weighted by Crippen LogP contribution is -2.40. The maximum absolute atomic E-state index is 12.3. The maximum atomic E-state index is 12.3. The number of hydrogen-bond donors (Lipinski definition) is 1. The smallest absolute Gasteiger partial charge is 0.190 e. The highest BCUT2D eigenvalue weighted by molar-refractivity contribution is 6.13. The Balaban J connectivity index is 2.43. The molecule has 1 N–H and O–H groups in total. The predicted molar refractivity (Wildman–Crippen MR) is 66.8 cm³/mol. The van der Waals surface area contributed by atoms with Crippen molar-refractivity contribution in [2.45, 2.75) is 18.4 Å². The molecule has 0 amide bonds. The fourth-order valence-corrected chi connectivity index (χ4v) is 2.23. The van der Waals surface area contributed by atoms with Crippen LogP contribution in [0.25, 0.3) is 0 Å². The quantitative estimate of drug-likeness (QED) is 0.778. The Morgan fingerprint density at radius 1 is 1.19 bits per heavy atom. The molecule has 0 aliphatic carbocycles. The summed E-state index contributed by atoms with van der Waals surface area (Å²) in [6, 6.07) is 7.60. The molecule has 1 heterocycles. The number of anilines is 1. The highest BCUT2D eigenvalue weighted by atomic mass is 16.1. The van der Waals surface area contributed by atoms with E-state index in [0.717, 1.165) is 11.3 Å². The summed E-state index contributed by atoms with van der Waals surface area (Å²) in [6.45, 7) is 7.44. The van der Waals surface area contributed by atoms with Crippen LogP contribution < -0.4 is 5.32 Å². The Morgan fingerprint density at radius 3 is 2.38 bits per heavy atom. The van der Waals surface area contributed by atoms with Crippen molar-refractivity contribution in [3.05, 3.63) is 55.1 Å². The second kappa shape index (κ2) is 3.97. The van der Waals surface area contributed by atoms with Gasteiger partial charge in [0.1, 0.15) is 5.54 Å². The van der Waals surface area contributed by atoms with E-state index in [2.05, 4.69) is 18.5 Å². The van der Waals surface area contributed by atoms with Crippen molar-refractivity contribution in [1.29, 1.82) is 0 Å². The van der Waals surface area contributed by atoms with E-state index in [-0.39, 0.29) is 5.78 Å². The second-order valence-corrected chi connectivity index (χ2v) is 4.07. The van der Waals surface area contributed by atoms with Crippen molar-refractivity contribution < 1.29 is 4.79 Å². The van der Waals surface area contributed by atoms with E-state index in [9.17, 15) is 4.79 Å². The van der Waals surface area contributed by atoms with Gasteiger partial charge in [-0.1, -0.05) is 24.3 Å². The number of rotatable bonds is 4. The first-order valence-corrected chi connectivity index (χ1v) is 5.37. The van der Waals surface area contributed by atoms with Crippen LogP contribution in [0, 0.1) is 0 Å². The van der Waals surface area contributed by atoms with Crippen molar-refractivity contribution in [1.82, 2.24) is 0 Å². The number of para-hydroxylation sites is 1. The fraction of sp³-hybridized carbons (Fsp3) is 0.214. The van der Waals surface area contributed by atoms with Crippen LogP contribution in [0.5, 0.6) is 0 Å². The average molecular weight is 213 g/mol. The molecule has 0 radical (unpaired) electrons. The first-order chi connectivity index (χ1) is 7.73. The van der Waals surface area contributed by atoms with Crippen LogP contribution >= 0.6 is 0 Å². The molecule has 1 aromatic carbocycles. The number of fused-ring (bicyclic) bond motifs is 1. The predicted octanol–water partition coefficient (Wildman–Crippen LogP) is 3.19. The molecule has 0 saturated carbocycles. The fourth-order valence-electron chi connectivity index (χ4n) is 2.23. The Bertz CT molecular complexity index is 438. The van der Waals surface area contributed by atoms with E-state index >= 15 is 0 Å². The minimum Gasteiger partial charge on any atom is -0.371 e. The van der Waals surface area contributed by atoms with E-state index in [1.807, 2.05) is 24.3 Å². The minimum absolute atomic E-state index is 0.142. The summed E-state index contributed by atoms with van der Waals surface area (Å²) in [4.78, 5) is 12.3. The summed E-state index contributed by atoms with van der Waals surface area (Å²) in [5.74, 6) is 0.142. The summed E-state index contributed by atoms with van der Waals surface area (Å²) in [7, 11) is 0. The topological polar surface area (TPSA) is 29.1 Å². The molecular weight excluding hydrogens is 198 g/mol. The SMILES string of the molecule is C=CCC1(CC=C)Nc2ccccc2C1=O. The number of benzene rings is 1. The van der Waals surface area contributed by atoms with Crippen LogP contribution in [0.2, 0.25) is 0 Å². The second-order valence-electron chi connectivity index (χ2n) is 4.07. The number of hydrogen-bond acceptors (Lipinski definition) is 2. The van der Waals surface area contributed by atoms with Crippen molar-refractivity contribution in [2.75, 3.05) is 5.32 Å². The summed E-state index contributed by atoms with van der Waals surface area (Å²) < 4.78 is 0. The van der Waals surface area contributed by atoms with Gasteiger partial charge in [0.05, 0.1) is 0 Å². The summed E-state index contributed by atoms with van der Waals surface area (Å²) in [5, 5.41) is 3.31.